The second-order valence-corrected chi connectivity index (χ2v) is 9.47. The molecule has 184 valence electrons. The fraction of sp³-hybridized carbons (Fsp3) is 0.500. The van der Waals surface area contributed by atoms with Gasteiger partial charge in [0.05, 0.1) is 19.0 Å². The number of piperidine rings is 1. The highest BCUT2D eigenvalue weighted by molar-refractivity contribution is 5.48. The number of aryl methyl sites for hydroxylation is 1. The fourth-order valence-corrected chi connectivity index (χ4v) is 5.64. The summed E-state index contributed by atoms with van der Waals surface area (Å²) in [5.74, 6) is 1.34. The van der Waals surface area contributed by atoms with Gasteiger partial charge in [-0.25, -0.2) is 13.5 Å². The summed E-state index contributed by atoms with van der Waals surface area (Å²) in [5, 5.41) is 16.3. The first-order valence-corrected chi connectivity index (χ1v) is 12.0. The maximum atomic E-state index is 14.1. The lowest BCUT2D eigenvalue weighted by atomic mass is 9.92. The van der Waals surface area contributed by atoms with Crippen molar-refractivity contribution in [1.29, 1.82) is 0 Å². The average molecular weight is 484 g/mol. The summed E-state index contributed by atoms with van der Waals surface area (Å²) >= 11 is 0. The molecule has 1 saturated heterocycles. The number of rotatable bonds is 6. The zero-order valence-corrected chi connectivity index (χ0v) is 19.4. The molecule has 1 saturated carbocycles. The van der Waals surface area contributed by atoms with Crippen LogP contribution >= 0.6 is 0 Å². The van der Waals surface area contributed by atoms with Gasteiger partial charge in [0, 0.05) is 37.8 Å². The second kappa shape index (κ2) is 8.94. The first-order chi connectivity index (χ1) is 17.1. The summed E-state index contributed by atoms with van der Waals surface area (Å²) in [6, 6.07) is 5.55. The van der Waals surface area contributed by atoms with Crippen LogP contribution in [0.4, 0.5) is 20.4 Å². The van der Waals surface area contributed by atoms with Gasteiger partial charge in [0.1, 0.15) is 5.82 Å². The summed E-state index contributed by atoms with van der Waals surface area (Å²) in [6.07, 6.45) is 5.16. The molecule has 9 nitrogen and oxygen atoms in total. The molecule has 1 aliphatic carbocycles. The van der Waals surface area contributed by atoms with Crippen LogP contribution in [0.15, 0.2) is 30.5 Å². The largest absolute Gasteiger partial charge is 0.480 e. The molecule has 1 N–H and O–H groups in total. The van der Waals surface area contributed by atoms with Crippen molar-refractivity contribution in [2.75, 3.05) is 30.4 Å². The van der Waals surface area contributed by atoms with Gasteiger partial charge < -0.3 is 19.7 Å². The molecule has 4 heterocycles. The first kappa shape index (κ1) is 22.0. The number of hydrogen-bond donors (Lipinski definition) is 1. The molecule has 6 rings (SSSR count). The van der Waals surface area contributed by atoms with E-state index >= 15 is 0 Å². The number of fused-ring (bicyclic) bond motifs is 3. The molecule has 11 heteroatoms. The summed E-state index contributed by atoms with van der Waals surface area (Å²) in [4.78, 5) is 7.09. The van der Waals surface area contributed by atoms with Gasteiger partial charge in [-0.2, -0.15) is 10.1 Å². The van der Waals surface area contributed by atoms with Crippen molar-refractivity contribution in [2.24, 2.45) is 11.8 Å². The third-order valence-electron chi connectivity index (χ3n) is 7.31. The van der Waals surface area contributed by atoms with E-state index in [1.807, 2.05) is 10.7 Å². The van der Waals surface area contributed by atoms with Crippen molar-refractivity contribution in [2.45, 2.75) is 44.4 Å². The van der Waals surface area contributed by atoms with Crippen LogP contribution in [0.3, 0.4) is 0 Å². The van der Waals surface area contributed by atoms with Gasteiger partial charge >= 0.3 is 0 Å². The standard InChI is InChI=1S/C24H27F2N7O2/c1-34-21-10-17(11-27-30-21)32-12-14-4-5-15(13-32)22(14)28-24-29-23-20(3-2-8-33(23)31-24)35-19-7-6-16(25)9-18(19)26/h6-7,9-11,14-15,20,22H,2-5,8,12-13H2,1H3,(H,28,31)/t14-,15+,20-,22?/m1/s1. The molecule has 1 unspecified atom stereocenters. The summed E-state index contributed by atoms with van der Waals surface area (Å²) in [7, 11) is 1.59. The van der Waals surface area contributed by atoms with Crippen molar-refractivity contribution in [3.8, 4) is 11.6 Å². The topological polar surface area (TPSA) is 90.2 Å². The predicted molar refractivity (Wildman–Crippen MR) is 123 cm³/mol. The maximum absolute atomic E-state index is 14.1. The molecule has 0 spiro atoms. The number of halogens is 2. The van der Waals surface area contributed by atoms with Crippen molar-refractivity contribution >= 4 is 11.6 Å². The number of hydrogen-bond acceptors (Lipinski definition) is 8. The van der Waals surface area contributed by atoms with Gasteiger partial charge in [-0.3, -0.25) is 0 Å². The number of ether oxygens (including phenoxy) is 2. The molecule has 1 aromatic carbocycles. The monoisotopic (exact) mass is 483 g/mol. The Bertz CT molecular complexity index is 1210. The fourth-order valence-electron chi connectivity index (χ4n) is 5.64. The molecule has 2 aliphatic heterocycles. The Balaban J connectivity index is 1.16. The van der Waals surface area contributed by atoms with Crippen LogP contribution in [-0.2, 0) is 6.54 Å². The molecule has 2 fully saturated rings. The highest BCUT2D eigenvalue weighted by Gasteiger charge is 2.43. The van der Waals surface area contributed by atoms with Gasteiger partial charge in [-0.05, 0) is 49.7 Å². The third kappa shape index (κ3) is 4.23. The zero-order chi connectivity index (χ0) is 23.9. The third-order valence-corrected chi connectivity index (χ3v) is 7.31. The first-order valence-electron chi connectivity index (χ1n) is 12.0. The molecule has 2 aromatic heterocycles. The molecule has 3 aliphatic rings. The SMILES string of the molecule is COc1cc(N2C[C@H]3CC[C@@H](C2)C3Nc2nc3n(n2)CCC[C@H]3Oc2ccc(F)cc2F)cnn1. The molecular weight excluding hydrogens is 456 g/mol. The number of aromatic nitrogens is 5. The molecule has 3 aromatic rings. The highest BCUT2D eigenvalue weighted by Crippen LogP contribution is 2.40. The molecule has 2 bridgehead atoms. The van der Waals surface area contributed by atoms with E-state index in [-0.39, 0.29) is 11.8 Å². The van der Waals surface area contributed by atoms with Crippen LogP contribution in [0.5, 0.6) is 11.6 Å². The molecule has 0 amide bonds. The van der Waals surface area contributed by atoms with Crippen LogP contribution in [0, 0.1) is 23.5 Å². The van der Waals surface area contributed by atoms with Gasteiger partial charge in [0.25, 0.3) is 0 Å². The van der Waals surface area contributed by atoms with Gasteiger partial charge in [0.2, 0.25) is 11.8 Å². The van der Waals surface area contributed by atoms with Crippen molar-refractivity contribution in [3.63, 3.8) is 0 Å². The normalized spacial score (nSPS) is 25.3. The van der Waals surface area contributed by atoms with Crippen molar-refractivity contribution in [3.05, 3.63) is 47.9 Å². The second-order valence-electron chi connectivity index (χ2n) is 9.47. The number of anilines is 2. The van der Waals surface area contributed by atoms with Gasteiger partial charge in [-0.15, -0.1) is 10.2 Å². The Labute approximate surface area is 201 Å². The van der Waals surface area contributed by atoms with Crippen molar-refractivity contribution < 1.29 is 18.3 Å². The zero-order valence-electron chi connectivity index (χ0n) is 19.4. The summed E-state index contributed by atoms with van der Waals surface area (Å²) < 4.78 is 40.4. The average Bonchev–Trinajstić information content (AvgIpc) is 3.37. The number of nitrogens with zero attached hydrogens (tertiary/aromatic N) is 6. The van der Waals surface area contributed by atoms with E-state index in [1.54, 1.807) is 13.3 Å². The summed E-state index contributed by atoms with van der Waals surface area (Å²) in [6.45, 7) is 2.55. The minimum Gasteiger partial charge on any atom is -0.480 e. The van der Waals surface area contributed by atoms with Gasteiger partial charge in [-0.1, -0.05) is 0 Å². The van der Waals surface area contributed by atoms with Gasteiger partial charge in [0.15, 0.2) is 23.5 Å². The Hall–Kier alpha value is -3.50. The molecule has 35 heavy (non-hydrogen) atoms. The Morgan fingerprint density at radius 3 is 2.69 bits per heavy atom. The van der Waals surface area contributed by atoms with E-state index in [0.717, 1.165) is 50.7 Å². The minimum absolute atomic E-state index is 0.0232. The van der Waals surface area contributed by atoms with E-state index in [9.17, 15) is 8.78 Å². The quantitative estimate of drug-likeness (QED) is 0.569. The lowest BCUT2D eigenvalue weighted by molar-refractivity contribution is 0.149. The van der Waals surface area contributed by atoms with Crippen LogP contribution in [0.2, 0.25) is 0 Å². The van der Waals surface area contributed by atoms with E-state index in [0.29, 0.717) is 35.9 Å². The Morgan fingerprint density at radius 2 is 1.91 bits per heavy atom. The van der Waals surface area contributed by atoms with Crippen molar-refractivity contribution in [1.82, 2.24) is 25.0 Å². The van der Waals surface area contributed by atoms with E-state index in [2.05, 4.69) is 25.5 Å². The molecule has 0 radical (unpaired) electrons. The van der Waals surface area contributed by atoms with Crippen LogP contribution in [0.1, 0.15) is 37.6 Å². The minimum atomic E-state index is -0.717. The lowest BCUT2D eigenvalue weighted by Crippen LogP contribution is -2.48. The predicted octanol–water partition coefficient (Wildman–Crippen LogP) is 3.60. The van der Waals surface area contributed by atoms with Crippen LogP contribution < -0.4 is 19.7 Å². The van der Waals surface area contributed by atoms with E-state index in [1.165, 1.54) is 12.1 Å². The van der Waals surface area contributed by atoms with E-state index in [4.69, 9.17) is 14.5 Å². The molecular formula is C24H27F2N7O2. The smallest absolute Gasteiger partial charge is 0.242 e. The lowest BCUT2D eigenvalue weighted by Gasteiger charge is -2.39. The Kier molecular flexibility index (Phi) is 5.62. The maximum Gasteiger partial charge on any atom is 0.242 e. The van der Waals surface area contributed by atoms with Crippen LogP contribution in [0.25, 0.3) is 0 Å². The Morgan fingerprint density at radius 1 is 1.09 bits per heavy atom. The number of nitrogens with one attached hydrogen (secondary N) is 1. The number of benzene rings is 1. The van der Waals surface area contributed by atoms with Crippen LogP contribution in [-0.4, -0.2) is 51.2 Å². The molecule has 4 atom stereocenters. The van der Waals surface area contributed by atoms with E-state index < -0.39 is 17.7 Å². The highest BCUT2D eigenvalue weighted by atomic mass is 19.1. The summed E-state index contributed by atoms with van der Waals surface area (Å²) in [5.41, 5.74) is 1.02. The number of methoxy groups -OCH3 is 1.